The molecular weight excluding hydrogens is 292 g/mol. The third-order valence-corrected chi connectivity index (χ3v) is 4.60. The quantitative estimate of drug-likeness (QED) is 0.704. The van der Waals surface area contributed by atoms with Gasteiger partial charge in [-0.1, -0.05) is 0 Å². The van der Waals surface area contributed by atoms with Crippen molar-refractivity contribution in [3.05, 3.63) is 36.2 Å². The van der Waals surface area contributed by atoms with Gasteiger partial charge in [0.15, 0.2) is 0 Å². The second kappa shape index (κ2) is 6.42. The lowest BCUT2D eigenvalue weighted by Crippen LogP contribution is -2.25. The highest BCUT2D eigenvalue weighted by Crippen LogP contribution is 2.18. The number of imidazole rings is 1. The van der Waals surface area contributed by atoms with Crippen molar-refractivity contribution in [3.63, 3.8) is 0 Å². The maximum atomic E-state index is 12.2. The topological polar surface area (TPSA) is 100 Å². The first kappa shape index (κ1) is 15.7. The summed E-state index contributed by atoms with van der Waals surface area (Å²) in [6.07, 6.45) is 5.30. The molecule has 0 fully saturated rings. The number of nitrogens with one attached hydrogen (secondary N) is 2. The van der Waals surface area contributed by atoms with Crippen molar-refractivity contribution < 1.29 is 13.5 Å². The zero-order chi connectivity index (χ0) is 15.5. The molecule has 8 heteroatoms. The van der Waals surface area contributed by atoms with E-state index >= 15 is 0 Å². The molecule has 3 N–H and O–H groups in total. The largest absolute Gasteiger partial charge is 0.390 e. The molecule has 0 spiro atoms. The number of rotatable bonds is 7. The minimum atomic E-state index is -3.58. The van der Waals surface area contributed by atoms with E-state index in [9.17, 15) is 13.5 Å². The van der Waals surface area contributed by atoms with E-state index in [2.05, 4.69) is 14.7 Å². The zero-order valence-corrected chi connectivity index (χ0v) is 12.9. The summed E-state index contributed by atoms with van der Waals surface area (Å²) < 4.78 is 28.8. The molecule has 0 atom stereocenters. The molecule has 0 bridgehead atoms. The molecule has 0 saturated heterocycles. The van der Waals surface area contributed by atoms with Gasteiger partial charge in [-0.25, -0.2) is 18.1 Å². The van der Waals surface area contributed by atoms with Crippen LogP contribution in [0.1, 0.15) is 31.3 Å². The number of nitrogens with zero attached hydrogens (tertiary/aromatic N) is 2. The molecular formula is C13H20N4O3S. The first-order chi connectivity index (χ1) is 9.94. The van der Waals surface area contributed by atoms with Crippen LogP contribution in [0, 0.1) is 0 Å². The van der Waals surface area contributed by atoms with Gasteiger partial charge in [-0.15, -0.1) is 0 Å². The number of aliphatic hydroxyl groups excluding tert-OH is 1. The monoisotopic (exact) mass is 312 g/mol. The summed E-state index contributed by atoms with van der Waals surface area (Å²) in [4.78, 5) is 6.97. The van der Waals surface area contributed by atoms with Crippen LogP contribution >= 0.6 is 0 Å². The van der Waals surface area contributed by atoms with Gasteiger partial charge in [0.05, 0.1) is 17.8 Å². The van der Waals surface area contributed by atoms with Gasteiger partial charge in [-0.2, -0.15) is 0 Å². The molecule has 116 valence electrons. The van der Waals surface area contributed by atoms with Gasteiger partial charge in [0.25, 0.3) is 0 Å². The molecule has 0 radical (unpaired) electrons. The summed E-state index contributed by atoms with van der Waals surface area (Å²) in [7, 11) is -3.58. The molecule has 0 aliphatic rings. The van der Waals surface area contributed by atoms with Crippen LogP contribution in [-0.2, 0) is 23.1 Å². The van der Waals surface area contributed by atoms with Crippen molar-refractivity contribution in [2.24, 2.45) is 0 Å². The summed E-state index contributed by atoms with van der Waals surface area (Å²) >= 11 is 0. The molecule has 0 amide bonds. The van der Waals surface area contributed by atoms with E-state index in [1.54, 1.807) is 23.3 Å². The average Bonchev–Trinajstić information content (AvgIpc) is 3.07. The van der Waals surface area contributed by atoms with Crippen molar-refractivity contribution >= 4 is 10.0 Å². The Labute approximate surface area is 124 Å². The molecule has 0 aliphatic carbocycles. The third kappa shape index (κ3) is 3.72. The Morgan fingerprint density at radius 3 is 2.76 bits per heavy atom. The zero-order valence-electron chi connectivity index (χ0n) is 12.1. The van der Waals surface area contributed by atoms with Crippen LogP contribution in [0.15, 0.2) is 29.7 Å². The fraction of sp³-hybridized carbons (Fsp3) is 0.462. The highest BCUT2D eigenvalue weighted by Gasteiger charge is 2.18. The Morgan fingerprint density at radius 1 is 1.48 bits per heavy atom. The molecule has 0 aromatic carbocycles. The Balaban J connectivity index is 2.08. The summed E-state index contributed by atoms with van der Waals surface area (Å²) in [5.74, 6) is 0. The van der Waals surface area contributed by atoms with Crippen molar-refractivity contribution in [1.82, 2.24) is 19.3 Å². The van der Waals surface area contributed by atoms with E-state index in [1.807, 2.05) is 13.8 Å². The lowest BCUT2D eigenvalue weighted by Gasteiger charge is -2.10. The molecule has 0 aliphatic heterocycles. The van der Waals surface area contributed by atoms with Crippen molar-refractivity contribution in [1.29, 1.82) is 0 Å². The molecule has 0 unspecified atom stereocenters. The first-order valence-corrected chi connectivity index (χ1v) is 8.21. The maximum Gasteiger partial charge on any atom is 0.242 e. The van der Waals surface area contributed by atoms with Gasteiger partial charge in [0.1, 0.15) is 0 Å². The normalized spacial score (nSPS) is 12.2. The van der Waals surface area contributed by atoms with Crippen LogP contribution in [0.25, 0.3) is 0 Å². The highest BCUT2D eigenvalue weighted by atomic mass is 32.2. The van der Waals surface area contributed by atoms with Crippen molar-refractivity contribution in [2.45, 2.75) is 37.8 Å². The molecule has 2 aromatic heterocycles. The fourth-order valence-electron chi connectivity index (χ4n) is 2.08. The minimum Gasteiger partial charge on any atom is -0.390 e. The summed E-state index contributed by atoms with van der Waals surface area (Å²) in [6.45, 7) is 3.95. The summed E-state index contributed by atoms with van der Waals surface area (Å²) in [6, 6.07) is 1.58. The predicted octanol–water partition coefficient (Wildman–Crippen LogP) is 0.805. The summed E-state index contributed by atoms with van der Waals surface area (Å²) in [5.41, 5.74) is 1.45. The summed E-state index contributed by atoms with van der Waals surface area (Å²) in [5, 5.41) is 9.30. The van der Waals surface area contributed by atoms with E-state index in [-0.39, 0.29) is 24.1 Å². The molecule has 21 heavy (non-hydrogen) atoms. The Hall–Kier alpha value is -1.64. The second-order valence-electron chi connectivity index (χ2n) is 5.05. The van der Waals surface area contributed by atoms with Crippen LogP contribution in [0.5, 0.6) is 0 Å². The lowest BCUT2D eigenvalue weighted by atomic mass is 10.3. The van der Waals surface area contributed by atoms with Gasteiger partial charge >= 0.3 is 0 Å². The molecule has 2 aromatic rings. The molecule has 0 saturated carbocycles. The van der Waals surface area contributed by atoms with E-state index in [1.165, 1.54) is 6.07 Å². The number of aromatic nitrogens is 3. The molecule has 7 nitrogen and oxygen atoms in total. The van der Waals surface area contributed by atoms with Gasteiger partial charge < -0.3 is 14.7 Å². The van der Waals surface area contributed by atoms with Gasteiger partial charge in [-0.05, 0) is 19.9 Å². The van der Waals surface area contributed by atoms with E-state index < -0.39 is 10.0 Å². The fourth-order valence-corrected chi connectivity index (χ4v) is 3.16. The molecule has 2 rings (SSSR count). The minimum absolute atomic E-state index is 0.0843. The van der Waals surface area contributed by atoms with Crippen LogP contribution in [-0.4, -0.2) is 34.6 Å². The Morgan fingerprint density at radius 2 is 2.24 bits per heavy atom. The number of aliphatic hydroxyl groups is 1. The van der Waals surface area contributed by atoms with Crippen molar-refractivity contribution in [3.8, 4) is 0 Å². The van der Waals surface area contributed by atoms with Gasteiger partial charge in [-0.3, -0.25) is 0 Å². The van der Waals surface area contributed by atoms with Crippen LogP contribution < -0.4 is 4.72 Å². The molecule has 2 heterocycles. The Kier molecular flexibility index (Phi) is 4.81. The second-order valence-corrected chi connectivity index (χ2v) is 6.82. The van der Waals surface area contributed by atoms with E-state index in [0.29, 0.717) is 12.1 Å². The lowest BCUT2D eigenvalue weighted by molar-refractivity contribution is 0.268. The highest BCUT2D eigenvalue weighted by molar-refractivity contribution is 7.89. The number of sulfonamides is 1. The first-order valence-electron chi connectivity index (χ1n) is 6.72. The number of H-pyrrole nitrogens is 1. The third-order valence-electron chi connectivity index (χ3n) is 3.18. The van der Waals surface area contributed by atoms with Crippen LogP contribution in [0.2, 0.25) is 0 Å². The predicted molar refractivity (Wildman–Crippen MR) is 78.2 cm³/mol. The Bertz CT molecular complexity index is 674. The SMILES string of the molecule is CC(C)n1cc(S(=O)(=O)NCCc2cnc[nH]2)cc1CO. The van der Waals surface area contributed by atoms with Crippen LogP contribution in [0.4, 0.5) is 0 Å². The van der Waals surface area contributed by atoms with Gasteiger partial charge in [0, 0.05) is 42.8 Å². The maximum absolute atomic E-state index is 12.2. The van der Waals surface area contributed by atoms with E-state index in [4.69, 9.17) is 0 Å². The average molecular weight is 312 g/mol. The van der Waals surface area contributed by atoms with Crippen LogP contribution in [0.3, 0.4) is 0 Å². The van der Waals surface area contributed by atoms with Gasteiger partial charge in [0.2, 0.25) is 10.0 Å². The number of aromatic amines is 1. The van der Waals surface area contributed by atoms with E-state index in [0.717, 1.165) is 5.69 Å². The smallest absolute Gasteiger partial charge is 0.242 e. The number of hydrogen-bond donors (Lipinski definition) is 3. The van der Waals surface area contributed by atoms with Crippen molar-refractivity contribution in [2.75, 3.05) is 6.54 Å². The standard InChI is InChI=1S/C13H20N4O3S/c1-10(2)17-7-13(5-12(17)8-18)21(19,20)16-4-3-11-6-14-9-15-11/h5-7,9-10,16,18H,3-4,8H2,1-2H3,(H,14,15). The number of hydrogen-bond acceptors (Lipinski definition) is 4.